The van der Waals surface area contributed by atoms with Crippen LogP contribution in [-0.2, 0) is 0 Å². The van der Waals surface area contributed by atoms with Gasteiger partial charge in [-0.15, -0.1) is 0 Å². The van der Waals surface area contributed by atoms with Crippen molar-refractivity contribution >= 4 is 32.7 Å². The van der Waals surface area contributed by atoms with Gasteiger partial charge in [0.2, 0.25) is 0 Å². The monoisotopic (exact) mass is 189 g/mol. The Balaban J connectivity index is 2.64. The lowest BCUT2D eigenvalue weighted by Crippen LogP contribution is -1.69. The van der Waals surface area contributed by atoms with Crippen molar-refractivity contribution in [2.24, 2.45) is 0 Å². The van der Waals surface area contributed by atoms with E-state index in [0.29, 0.717) is 0 Å². The molecule has 2 heterocycles. The van der Waals surface area contributed by atoms with Gasteiger partial charge in [-0.25, -0.2) is 4.98 Å². The average molecular weight is 189 g/mol. The molecule has 0 atom stereocenters. The molecule has 3 aromatic rings. The van der Waals surface area contributed by atoms with Gasteiger partial charge < -0.3 is 4.98 Å². The molecule has 1 N–H and O–H groups in total. The van der Waals surface area contributed by atoms with Crippen molar-refractivity contribution in [2.75, 3.05) is 0 Å². The molecule has 0 saturated carbocycles. The lowest BCUT2D eigenvalue weighted by molar-refractivity contribution is 1.17. The van der Waals surface area contributed by atoms with Gasteiger partial charge in [0, 0.05) is 5.39 Å². The van der Waals surface area contributed by atoms with Crippen LogP contribution >= 0.6 is 11.5 Å². The molecule has 0 saturated heterocycles. The number of hydrogen-bond acceptors (Lipinski definition) is 3. The molecule has 4 heteroatoms. The fourth-order valence-corrected chi connectivity index (χ4v) is 2.19. The van der Waals surface area contributed by atoms with E-state index in [1.165, 1.54) is 16.2 Å². The Morgan fingerprint density at radius 2 is 2.31 bits per heavy atom. The van der Waals surface area contributed by atoms with Gasteiger partial charge in [0.25, 0.3) is 0 Å². The Morgan fingerprint density at radius 3 is 3.23 bits per heavy atom. The molecular formula is C9H7N3S. The molecule has 0 amide bonds. The summed E-state index contributed by atoms with van der Waals surface area (Å²) in [6.45, 7) is 1.96. The maximum absolute atomic E-state index is 4.42. The van der Waals surface area contributed by atoms with E-state index >= 15 is 0 Å². The van der Waals surface area contributed by atoms with E-state index in [-0.39, 0.29) is 0 Å². The van der Waals surface area contributed by atoms with Crippen molar-refractivity contribution in [1.82, 2.24) is 14.3 Å². The first-order valence-corrected chi connectivity index (χ1v) is 4.81. The number of imidazole rings is 1. The molecule has 0 aliphatic carbocycles. The van der Waals surface area contributed by atoms with Gasteiger partial charge in [-0.3, -0.25) is 0 Å². The third-order valence-electron chi connectivity index (χ3n) is 2.11. The van der Waals surface area contributed by atoms with Crippen molar-refractivity contribution in [3.8, 4) is 0 Å². The standard InChI is InChI=1S/C9H7N3S/c1-5-11-7-2-3-8-6(4-10-13-8)9(7)12-5/h2-4H,1H3,(H,11,12). The predicted molar refractivity (Wildman–Crippen MR) is 54.0 cm³/mol. The van der Waals surface area contributed by atoms with Crippen molar-refractivity contribution in [3.63, 3.8) is 0 Å². The van der Waals surface area contributed by atoms with E-state index in [4.69, 9.17) is 0 Å². The molecule has 0 fully saturated rings. The van der Waals surface area contributed by atoms with E-state index in [9.17, 15) is 0 Å². The second kappa shape index (κ2) is 2.29. The zero-order valence-electron chi connectivity index (χ0n) is 7.03. The third-order valence-corrected chi connectivity index (χ3v) is 2.87. The molecule has 0 bridgehead atoms. The lowest BCUT2D eigenvalue weighted by atomic mass is 10.2. The fourth-order valence-electron chi connectivity index (χ4n) is 1.54. The molecule has 64 valence electrons. The molecule has 0 radical (unpaired) electrons. The molecule has 0 aliphatic heterocycles. The SMILES string of the molecule is Cc1nc2c(ccc3sncc32)[nH]1. The Hall–Kier alpha value is -1.42. The van der Waals surface area contributed by atoms with Crippen LogP contribution < -0.4 is 0 Å². The maximum atomic E-state index is 4.42. The van der Waals surface area contributed by atoms with Crippen LogP contribution in [0.5, 0.6) is 0 Å². The second-order valence-corrected chi connectivity index (χ2v) is 3.85. The molecule has 2 aromatic heterocycles. The molecule has 0 unspecified atom stereocenters. The summed E-state index contributed by atoms with van der Waals surface area (Å²) >= 11 is 1.51. The molecule has 13 heavy (non-hydrogen) atoms. The normalized spacial score (nSPS) is 11.5. The summed E-state index contributed by atoms with van der Waals surface area (Å²) in [6.07, 6.45) is 1.88. The Bertz CT molecular complexity index is 579. The van der Waals surface area contributed by atoms with E-state index < -0.39 is 0 Å². The molecule has 1 aromatic carbocycles. The van der Waals surface area contributed by atoms with Gasteiger partial charge in [-0.1, -0.05) is 0 Å². The van der Waals surface area contributed by atoms with Crippen LogP contribution in [0.2, 0.25) is 0 Å². The predicted octanol–water partition coefficient (Wildman–Crippen LogP) is 2.48. The first-order valence-electron chi connectivity index (χ1n) is 4.04. The van der Waals surface area contributed by atoms with Crippen molar-refractivity contribution in [2.45, 2.75) is 6.92 Å². The number of aromatic nitrogens is 3. The number of H-pyrrole nitrogens is 1. The zero-order valence-corrected chi connectivity index (χ0v) is 7.85. The van der Waals surface area contributed by atoms with Crippen molar-refractivity contribution in [3.05, 3.63) is 24.2 Å². The highest BCUT2D eigenvalue weighted by Crippen LogP contribution is 2.25. The molecule has 3 rings (SSSR count). The van der Waals surface area contributed by atoms with Gasteiger partial charge in [0.15, 0.2) is 0 Å². The number of aromatic amines is 1. The minimum atomic E-state index is 0.953. The van der Waals surface area contributed by atoms with Crippen molar-refractivity contribution in [1.29, 1.82) is 0 Å². The number of nitrogens with one attached hydrogen (secondary N) is 1. The number of hydrogen-bond donors (Lipinski definition) is 1. The van der Waals surface area contributed by atoms with Gasteiger partial charge in [0.1, 0.15) is 5.82 Å². The number of fused-ring (bicyclic) bond motifs is 3. The van der Waals surface area contributed by atoms with Crippen LogP contribution in [0, 0.1) is 6.92 Å². The highest BCUT2D eigenvalue weighted by Gasteiger charge is 2.05. The maximum Gasteiger partial charge on any atom is 0.104 e. The quantitative estimate of drug-likeness (QED) is 0.590. The molecule has 0 spiro atoms. The van der Waals surface area contributed by atoms with Crippen LogP contribution in [0.4, 0.5) is 0 Å². The highest BCUT2D eigenvalue weighted by atomic mass is 32.1. The van der Waals surface area contributed by atoms with Crippen LogP contribution in [0.25, 0.3) is 21.1 Å². The summed E-state index contributed by atoms with van der Waals surface area (Å²) in [6, 6.07) is 4.13. The molecule has 0 aliphatic rings. The van der Waals surface area contributed by atoms with Crippen LogP contribution in [0.3, 0.4) is 0 Å². The Morgan fingerprint density at radius 1 is 1.38 bits per heavy atom. The van der Waals surface area contributed by atoms with Gasteiger partial charge >= 0.3 is 0 Å². The van der Waals surface area contributed by atoms with E-state index in [1.54, 1.807) is 0 Å². The smallest absolute Gasteiger partial charge is 0.104 e. The van der Waals surface area contributed by atoms with Crippen LogP contribution in [0.1, 0.15) is 5.82 Å². The third kappa shape index (κ3) is 0.890. The first-order chi connectivity index (χ1) is 6.34. The number of nitrogens with zero attached hydrogens (tertiary/aromatic N) is 2. The summed E-state index contributed by atoms with van der Waals surface area (Å²) in [4.78, 5) is 7.63. The first kappa shape index (κ1) is 7.03. The fraction of sp³-hybridized carbons (Fsp3) is 0.111. The van der Waals surface area contributed by atoms with Gasteiger partial charge in [-0.05, 0) is 30.6 Å². The van der Waals surface area contributed by atoms with E-state index in [2.05, 4.69) is 26.5 Å². The Kier molecular flexibility index (Phi) is 1.24. The minimum absolute atomic E-state index is 0.953. The van der Waals surface area contributed by atoms with E-state index in [1.807, 2.05) is 13.1 Å². The van der Waals surface area contributed by atoms with Crippen molar-refractivity contribution < 1.29 is 0 Å². The number of rotatable bonds is 0. The second-order valence-electron chi connectivity index (χ2n) is 3.02. The lowest BCUT2D eigenvalue weighted by Gasteiger charge is -1.87. The van der Waals surface area contributed by atoms with Crippen LogP contribution in [0.15, 0.2) is 18.3 Å². The van der Waals surface area contributed by atoms with Crippen LogP contribution in [-0.4, -0.2) is 14.3 Å². The summed E-state index contributed by atoms with van der Waals surface area (Å²) in [7, 11) is 0. The summed E-state index contributed by atoms with van der Waals surface area (Å²) in [5.41, 5.74) is 2.12. The average Bonchev–Trinajstić information content (AvgIpc) is 2.65. The highest BCUT2D eigenvalue weighted by molar-refractivity contribution is 7.13. The molecular weight excluding hydrogens is 182 g/mol. The van der Waals surface area contributed by atoms with Gasteiger partial charge in [0.05, 0.1) is 21.9 Å². The minimum Gasteiger partial charge on any atom is -0.342 e. The van der Waals surface area contributed by atoms with Gasteiger partial charge in [-0.2, -0.15) is 4.37 Å². The Labute approximate surface area is 78.6 Å². The summed E-state index contributed by atoms with van der Waals surface area (Å²) in [5.74, 6) is 0.953. The number of benzene rings is 1. The summed E-state index contributed by atoms with van der Waals surface area (Å²) < 4.78 is 5.34. The van der Waals surface area contributed by atoms with E-state index in [0.717, 1.165) is 22.2 Å². The summed E-state index contributed by atoms with van der Waals surface area (Å²) in [5, 5.41) is 1.15. The molecule has 3 nitrogen and oxygen atoms in total. The zero-order chi connectivity index (χ0) is 8.84. The number of aryl methyl sites for hydroxylation is 1. The topological polar surface area (TPSA) is 41.6 Å². The largest absolute Gasteiger partial charge is 0.342 e.